The molecular weight excluding hydrogens is 467 g/mol. The Kier molecular flexibility index (Phi) is 5.41. The van der Waals surface area contributed by atoms with Gasteiger partial charge in [0.1, 0.15) is 11.0 Å². The van der Waals surface area contributed by atoms with Crippen molar-refractivity contribution in [3.05, 3.63) is 88.9 Å². The molecule has 0 radical (unpaired) electrons. The van der Waals surface area contributed by atoms with E-state index < -0.39 is 29.8 Å². The summed E-state index contributed by atoms with van der Waals surface area (Å²) >= 11 is 0. The van der Waals surface area contributed by atoms with Gasteiger partial charge >= 0.3 is 29.8 Å². The highest BCUT2D eigenvalue weighted by Gasteiger charge is 2.30. The summed E-state index contributed by atoms with van der Waals surface area (Å²) in [6, 6.07) is 11.6. The molecule has 13 nitrogen and oxygen atoms in total. The first-order valence-corrected chi connectivity index (χ1v) is 11.3. The summed E-state index contributed by atoms with van der Waals surface area (Å²) in [6.07, 6.45) is -0.374. The SMILES string of the molecule is CCP(=O)(On1c(=O)c(=O)[nH]c2cc(C#N)ccc21)On1c(=O)c(=O)[nH]c2cc(C#N)ccc21. The second kappa shape index (κ2) is 8.24. The molecule has 34 heavy (non-hydrogen) atoms. The van der Waals surface area contributed by atoms with E-state index in [4.69, 9.17) is 19.8 Å². The maximum atomic E-state index is 13.5. The van der Waals surface area contributed by atoms with E-state index >= 15 is 0 Å². The molecule has 2 aromatic carbocycles. The first-order valence-electron chi connectivity index (χ1n) is 9.57. The molecule has 2 heterocycles. The Morgan fingerprint density at radius 3 is 1.59 bits per heavy atom. The van der Waals surface area contributed by atoms with Crippen LogP contribution in [0.2, 0.25) is 0 Å². The number of rotatable bonds is 5. The Balaban J connectivity index is 1.88. The van der Waals surface area contributed by atoms with Gasteiger partial charge in [-0.25, -0.2) is 4.57 Å². The Labute approximate surface area is 188 Å². The third-order valence-corrected chi connectivity index (χ3v) is 6.34. The van der Waals surface area contributed by atoms with Crippen LogP contribution in [0.3, 0.4) is 0 Å². The molecule has 0 atom stereocenters. The molecule has 0 spiro atoms. The lowest BCUT2D eigenvalue weighted by Crippen LogP contribution is -2.42. The fraction of sp³-hybridized carbons (Fsp3) is 0.100. The fourth-order valence-corrected chi connectivity index (χ4v) is 4.14. The minimum absolute atomic E-state index is 0.0253. The number of fused-ring (bicyclic) bond motifs is 2. The van der Waals surface area contributed by atoms with Crippen molar-refractivity contribution in [1.82, 2.24) is 19.4 Å². The van der Waals surface area contributed by atoms with E-state index in [2.05, 4.69) is 9.97 Å². The van der Waals surface area contributed by atoms with Crippen LogP contribution in [0.15, 0.2) is 55.6 Å². The highest BCUT2D eigenvalue weighted by Crippen LogP contribution is 2.40. The maximum Gasteiger partial charge on any atom is 0.467 e. The fourth-order valence-electron chi connectivity index (χ4n) is 3.06. The zero-order valence-corrected chi connectivity index (χ0v) is 18.2. The van der Waals surface area contributed by atoms with Crippen LogP contribution in [0.5, 0.6) is 0 Å². The topological polar surface area (TPSA) is 193 Å². The number of aromatic nitrogens is 4. The Morgan fingerprint density at radius 1 is 0.824 bits per heavy atom. The third kappa shape index (κ3) is 3.77. The molecule has 14 heteroatoms. The summed E-state index contributed by atoms with van der Waals surface area (Å²) in [5, 5.41) is 18.1. The largest absolute Gasteiger partial charge is 0.467 e. The summed E-state index contributed by atoms with van der Waals surface area (Å²) < 4.78 is 25.1. The van der Waals surface area contributed by atoms with Crippen molar-refractivity contribution in [2.24, 2.45) is 0 Å². The van der Waals surface area contributed by atoms with Crippen molar-refractivity contribution in [2.75, 3.05) is 6.16 Å². The summed E-state index contributed by atoms with van der Waals surface area (Å²) in [7, 11) is -4.39. The van der Waals surface area contributed by atoms with Crippen molar-refractivity contribution >= 4 is 29.7 Å². The van der Waals surface area contributed by atoms with Crippen LogP contribution in [-0.2, 0) is 4.57 Å². The van der Waals surface area contributed by atoms with Gasteiger partial charge < -0.3 is 19.2 Å². The van der Waals surface area contributed by atoms with Crippen molar-refractivity contribution in [3.8, 4) is 12.1 Å². The molecule has 0 aliphatic carbocycles. The predicted molar refractivity (Wildman–Crippen MR) is 118 cm³/mol. The molecule has 4 rings (SSSR count). The van der Waals surface area contributed by atoms with Crippen molar-refractivity contribution in [3.63, 3.8) is 0 Å². The molecule has 170 valence electrons. The van der Waals surface area contributed by atoms with E-state index in [-0.39, 0.29) is 39.4 Å². The average molecular weight is 480 g/mol. The standard InChI is InChI=1S/C20H13N6O7P/c1-2-34(31,32-25-15-5-3-11(9-21)7-13(15)23-17(27)19(25)29)33-26-16-6-4-12(10-22)8-14(16)24-18(28)20(26)30/h3-8H,2H2,1H3,(H,23,27)(H,24,28). The third-order valence-electron chi connectivity index (χ3n) is 4.74. The van der Waals surface area contributed by atoms with Gasteiger partial charge in [0.2, 0.25) is 0 Å². The molecule has 2 N–H and O–H groups in total. The minimum Gasteiger partial charge on any atom is -0.318 e. The van der Waals surface area contributed by atoms with Gasteiger partial charge in [-0.15, -0.1) is 9.46 Å². The average Bonchev–Trinajstić information content (AvgIpc) is 2.84. The van der Waals surface area contributed by atoms with Gasteiger partial charge in [-0.1, -0.05) is 6.92 Å². The molecule has 0 saturated heterocycles. The molecule has 0 unspecified atom stereocenters. The normalized spacial score (nSPS) is 11.1. The predicted octanol–water partition coefficient (Wildman–Crippen LogP) is 0.207. The molecule has 0 aliphatic heterocycles. The molecule has 0 amide bonds. The Hall–Kier alpha value is -4.87. The van der Waals surface area contributed by atoms with E-state index in [1.165, 1.54) is 43.3 Å². The van der Waals surface area contributed by atoms with Gasteiger partial charge in [0.05, 0.1) is 40.5 Å². The molecule has 0 saturated carbocycles. The summed E-state index contributed by atoms with van der Waals surface area (Å²) in [6.45, 7) is 1.38. The number of benzene rings is 2. The quantitative estimate of drug-likeness (QED) is 0.297. The number of hydrogen-bond acceptors (Lipinski definition) is 9. The van der Waals surface area contributed by atoms with Crippen LogP contribution >= 0.6 is 7.60 Å². The van der Waals surface area contributed by atoms with E-state index in [0.29, 0.717) is 9.46 Å². The van der Waals surface area contributed by atoms with Crippen molar-refractivity contribution in [2.45, 2.75) is 6.92 Å². The van der Waals surface area contributed by atoms with E-state index in [1.54, 1.807) is 0 Å². The summed E-state index contributed by atoms with van der Waals surface area (Å²) in [4.78, 5) is 53.8. The number of hydrogen-bond donors (Lipinski definition) is 2. The van der Waals surface area contributed by atoms with Crippen LogP contribution in [0.25, 0.3) is 22.1 Å². The van der Waals surface area contributed by atoms with Crippen LogP contribution in [-0.4, -0.2) is 25.6 Å². The number of H-pyrrole nitrogens is 2. The van der Waals surface area contributed by atoms with Gasteiger partial charge in [0.15, 0.2) is 0 Å². The molecule has 4 aromatic rings. The minimum atomic E-state index is -4.39. The first-order chi connectivity index (χ1) is 16.2. The smallest absolute Gasteiger partial charge is 0.318 e. The van der Waals surface area contributed by atoms with Crippen LogP contribution < -0.4 is 31.5 Å². The van der Waals surface area contributed by atoms with E-state index in [0.717, 1.165) is 0 Å². The van der Waals surface area contributed by atoms with Gasteiger partial charge in [-0.3, -0.25) is 19.2 Å². The molecule has 0 bridgehead atoms. The van der Waals surface area contributed by atoms with Gasteiger partial charge in [0.25, 0.3) is 0 Å². The second-order valence-corrected chi connectivity index (χ2v) is 9.07. The van der Waals surface area contributed by atoms with Crippen molar-refractivity contribution < 1.29 is 13.8 Å². The van der Waals surface area contributed by atoms with E-state index in [1.807, 2.05) is 12.1 Å². The maximum absolute atomic E-state index is 13.5. The lowest BCUT2D eigenvalue weighted by molar-refractivity contribution is 0.175. The zero-order valence-electron chi connectivity index (χ0n) is 17.3. The van der Waals surface area contributed by atoms with Crippen molar-refractivity contribution in [1.29, 1.82) is 10.5 Å². The number of aromatic amines is 2. The summed E-state index contributed by atoms with van der Waals surface area (Å²) in [5.74, 6) is 0. The monoisotopic (exact) mass is 480 g/mol. The van der Waals surface area contributed by atoms with Gasteiger partial charge in [-0.2, -0.15) is 10.5 Å². The number of nitrogens with zero attached hydrogens (tertiary/aromatic N) is 4. The summed E-state index contributed by atoms with van der Waals surface area (Å²) in [5.41, 5.74) is -4.27. The second-order valence-electron chi connectivity index (χ2n) is 6.89. The highest BCUT2D eigenvalue weighted by molar-refractivity contribution is 7.54. The zero-order chi connectivity index (χ0) is 24.6. The lowest BCUT2D eigenvalue weighted by Gasteiger charge is -2.20. The highest BCUT2D eigenvalue weighted by atomic mass is 31.2. The first kappa shape index (κ1) is 22.3. The van der Waals surface area contributed by atoms with Crippen LogP contribution in [0.4, 0.5) is 0 Å². The molecular formula is C20H13N6O7P. The Morgan fingerprint density at radius 2 is 1.24 bits per heavy atom. The molecule has 0 aliphatic rings. The molecule has 2 aromatic heterocycles. The van der Waals surface area contributed by atoms with E-state index in [9.17, 15) is 23.7 Å². The Bertz CT molecular complexity index is 1720. The molecule has 0 fully saturated rings. The van der Waals surface area contributed by atoms with Crippen LogP contribution in [0.1, 0.15) is 18.1 Å². The van der Waals surface area contributed by atoms with Gasteiger partial charge in [0, 0.05) is 0 Å². The lowest BCUT2D eigenvalue weighted by atomic mass is 10.2. The van der Waals surface area contributed by atoms with Crippen LogP contribution in [0, 0.1) is 22.7 Å². The number of nitriles is 2. The number of nitrogens with one attached hydrogen (secondary N) is 2. The van der Waals surface area contributed by atoms with Gasteiger partial charge in [-0.05, 0) is 36.4 Å².